The van der Waals surface area contributed by atoms with Crippen LogP contribution in [0.25, 0.3) is 0 Å². The molecule has 1 aromatic heterocycles. The van der Waals surface area contributed by atoms with Crippen LogP contribution in [0.4, 0.5) is 0 Å². The van der Waals surface area contributed by atoms with Gasteiger partial charge in [0.25, 0.3) is 0 Å². The summed E-state index contributed by atoms with van der Waals surface area (Å²) in [7, 11) is 4.16. The SMILES string of the molecule is CN(CCC1CCCCN1)Cc1cnn(C)c1. The van der Waals surface area contributed by atoms with Gasteiger partial charge in [-0.05, 0) is 39.4 Å². The van der Waals surface area contributed by atoms with E-state index >= 15 is 0 Å². The Labute approximate surface area is 104 Å². The van der Waals surface area contributed by atoms with Crippen molar-refractivity contribution in [3.63, 3.8) is 0 Å². The fraction of sp³-hybridized carbons (Fsp3) is 0.769. The Hall–Kier alpha value is -0.870. The van der Waals surface area contributed by atoms with Crippen molar-refractivity contribution >= 4 is 0 Å². The molecule has 0 aromatic carbocycles. The molecule has 96 valence electrons. The third-order valence-electron chi connectivity index (χ3n) is 3.48. The molecule has 4 heteroatoms. The average molecular weight is 236 g/mol. The van der Waals surface area contributed by atoms with Gasteiger partial charge in [0.05, 0.1) is 6.20 Å². The van der Waals surface area contributed by atoms with Gasteiger partial charge in [-0.3, -0.25) is 4.68 Å². The van der Waals surface area contributed by atoms with E-state index in [0.717, 1.165) is 19.1 Å². The quantitative estimate of drug-likeness (QED) is 0.838. The first kappa shape index (κ1) is 12.6. The highest BCUT2D eigenvalue weighted by Crippen LogP contribution is 2.11. The molecule has 0 bridgehead atoms. The summed E-state index contributed by atoms with van der Waals surface area (Å²) in [6.07, 6.45) is 9.40. The van der Waals surface area contributed by atoms with Gasteiger partial charge < -0.3 is 10.2 Å². The van der Waals surface area contributed by atoms with Crippen LogP contribution >= 0.6 is 0 Å². The minimum absolute atomic E-state index is 0.736. The average Bonchev–Trinajstić information content (AvgIpc) is 2.73. The molecule has 1 saturated heterocycles. The molecule has 2 heterocycles. The lowest BCUT2D eigenvalue weighted by Gasteiger charge is -2.25. The molecule has 1 unspecified atom stereocenters. The zero-order valence-corrected chi connectivity index (χ0v) is 11.0. The van der Waals surface area contributed by atoms with E-state index in [-0.39, 0.29) is 0 Å². The summed E-state index contributed by atoms with van der Waals surface area (Å²) in [5.74, 6) is 0. The number of nitrogens with zero attached hydrogens (tertiary/aromatic N) is 3. The molecule has 1 aliphatic rings. The van der Waals surface area contributed by atoms with Crippen LogP contribution < -0.4 is 5.32 Å². The van der Waals surface area contributed by atoms with Crippen LogP contribution in [0.3, 0.4) is 0 Å². The Kier molecular flexibility index (Phi) is 4.57. The van der Waals surface area contributed by atoms with Crippen molar-refractivity contribution in [1.82, 2.24) is 20.0 Å². The number of piperidine rings is 1. The molecule has 4 nitrogen and oxygen atoms in total. The molecule has 1 atom stereocenters. The summed E-state index contributed by atoms with van der Waals surface area (Å²) in [5, 5.41) is 7.80. The van der Waals surface area contributed by atoms with Gasteiger partial charge in [0, 0.05) is 31.4 Å². The highest BCUT2D eigenvalue weighted by Gasteiger charge is 2.13. The van der Waals surface area contributed by atoms with E-state index in [1.165, 1.54) is 37.8 Å². The van der Waals surface area contributed by atoms with E-state index in [2.05, 4.69) is 28.6 Å². The molecule has 1 aliphatic heterocycles. The molecule has 17 heavy (non-hydrogen) atoms. The minimum atomic E-state index is 0.736. The van der Waals surface area contributed by atoms with Gasteiger partial charge in [0.1, 0.15) is 0 Å². The number of aromatic nitrogens is 2. The van der Waals surface area contributed by atoms with E-state index in [1.54, 1.807) is 0 Å². The molecular formula is C13H24N4. The number of aryl methyl sites for hydroxylation is 1. The lowest BCUT2D eigenvalue weighted by molar-refractivity contribution is 0.282. The maximum absolute atomic E-state index is 4.20. The van der Waals surface area contributed by atoms with Gasteiger partial charge in [-0.15, -0.1) is 0 Å². The van der Waals surface area contributed by atoms with Crippen LogP contribution in [0.5, 0.6) is 0 Å². The summed E-state index contributed by atoms with van der Waals surface area (Å²) < 4.78 is 1.87. The first-order chi connectivity index (χ1) is 8.24. The third-order valence-corrected chi connectivity index (χ3v) is 3.48. The molecule has 2 rings (SSSR count). The molecule has 1 N–H and O–H groups in total. The molecule has 0 amide bonds. The maximum Gasteiger partial charge on any atom is 0.0534 e. The van der Waals surface area contributed by atoms with E-state index in [0.29, 0.717) is 0 Å². The van der Waals surface area contributed by atoms with E-state index in [9.17, 15) is 0 Å². The summed E-state index contributed by atoms with van der Waals surface area (Å²) in [4.78, 5) is 2.38. The Morgan fingerprint density at radius 1 is 1.53 bits per heavy atom. The van der Waals surface area contributed by atoms with Crippen LogP contribution in [-0.4, -0.2) is 40.9 Å². The number of rotatable bonds is 5. The molecule has 0 saturated carbocycles. The molecular weight excluding hydrogens is 212 g/mol. The second-order valence-electron chi connectivity index (χ2n) is 5.20. The summed E-state index contributed by atoms with van der Waals surface area (Å²) in [6, 6.07) is 0.736. The van der Waals surface area contributed by atoms with Crippen LogP contribution in [-0.2, 0) is 13.6 Å². The van der Waals surface area contributed by atoms with Crippen LogP contribution in [0.2, 0.25) is 0 Å². The van der Waals surface area contributed by atoms with Crippen LogP contribution in [0.15, 0.2) is 12.4 Å². The maximum atomic E-state index is 4.20. The standard InChI is InChI=1S/C13H24N4/c1-16(10-12-9-15-17(2)11-12)8-6-13-5-3-4-7-14-13/h9,11,13-14H,3-8,10H2,1-2H3. The summed E-state index contributed by atoms with van der Waals surface area (Å²) in [6.45, 7) is 3.37. The van der Waals surface area contributed by atoms with E-state index < -0.39 is 0 Å². The Bertz CT molecular complexity index is 328. The first-order valence-corrected chi connectivity index (χ1v) is 6.63. The Morgan fingerprint density at radius 3 is 3.06 bits per heavy atom. The number of nitrogens with one attached hydrogen (secondary N) is 1. The summed E-state index contributed by atoms with van der Waals surface area (Å²) in [5.41, 5.74) is 1.30. The van der Waals surface area contributed by atoms with Gasteiger partial charge in [-0.25, -0.2) is 0 Å². The van der Waals surface area contributed by atoms with Gasteiger partial charge >= 0.3 is 0 Å². The number of hydrogen-bond donors (Lipinski definition) is 1. The van der Waals surface area contributed by atoms with Crippen molar-refractivity contribution in [1.29, 1.82) is 0 Å². The second kappa shape index (κ2) is 6.17. The van der Waals surface area contributed by atoms with Crippen molar-refractivity contribution < 1.29 is 0 Å². The normalized spacial score (nSPS) is 21.0. The van der Waals surface area contributed by atoms with Gasteiger partial charge in [0.2, 0.25) is 0 Å². The fourth-order valence-corrected chi connectivity index (χ4v) is 2.49. The lowest BCUT2D eigenvalue weighted by Crippen LogP contribution is -2.36. The van der Waals surface area contributed by atoms with Crippen molar-refractivity contribution in [2.24, 2.45) is 7.05 Å². The van der Waals surface area contributed by atoms with E-state index in [1.807, 2.05) is 17.9 Å². The van der Waals surface area contributed by atoms with Crippen LogP contribution in [0, 0.1) is 0 Å². The van der Waals surface area contributed by atoms with Gasteiger partial charge in [0.15, 0.2) is 0 Å². The Balaban J connectivity index is 1.68. The van der Waals surface area contributed by atoms with Crippen molar-refractivity contribution in [2.45, 2.75) is 38.3 Å². The molecule has 1 aromatic rings. The van der Waals surface area contributed by atoms with Crippen LogP contribution in [0.1, 0.15) is 31.2 Å². The zero-order chi connectivity index (χ0) is 12.1. The van der Waals surface area contributed by atoms with Crippen molar-refractivity contribution in [3.05, 3.63) is 18.0 Å². The molecule has 0 radical (unpaired) electrons. The predicted molar refractivity (Wildman–Crippen MR) is 69.8 cm³/mol. The first-order valence-electron chi connectivity index (χ1n) is 6.63. The molecule has 0 aliphatic carbocycles. The topological polar surface area (TPSA) is 33.1 Å². The predicted octanol–water partition coefficient (Wildman–Crippen LogP) is 1.38. The van der Waals surface area contributed by atoms with Crippen molar-refractivity contribution in [3.8, 4) is 0 Å². The molecule has 1 fully saturated rings. The zero-order valence-electron chi connectivity index (χ0n) is 11.0. The van der Waals surface area contributed by atoms with Gasteiger partial charge in [-0.1, -0.05) is 6.42 Å². The Morgan fingerprint density at radius 2 is 2.41 bits per heavy atom. The van der Waals surface area contributed by atoms with Crippen molar-refractivity contribution in [2.75, 3.05) is 20.1 Å². The summed E-state index contributed by atoms with van der Waals surface area (Å²) >= 11 is 0. The monoisotopic (exact) mass is 236 g/mol. The smallest absolute Gasteiger partial charge is 0.0534 e. The third kappa shape index (κ3) is 4.13. The largest absolute Gasteiger partial charge is 0.314 e. The second-order valence-corrected chi connectivity index (χ2v) is 5.20. The highest BCUT2D eigenvalue weighted by atomic mass is 15.2. The van der Waals surface area contributed by atoms with Gasteiger partial charge in [-0.2, -0.15) is 5.10 Å². The highest BCUT2D eigenvalue weighted by molar-refractivity contribution is 5.02. The van der Waals surface area contributed by atoms with E-state index in [4.69, 9.17) is 0 Å². The lowest BCUT2D eigenvalue weighted by atomic mass is 10.0. The fourth-order valence-electron chi connectivity index (χ4n) is 2.49. The minimum Gasteiger partial charge on any atom is -0.314 e. The molecule has 0 spiro atoms. The number of hydrogen-bond acceptors (Lipinski definition) is 3.